The van der Waals surface area contributed by atoms with Crippen LogP contribution in [-0.4, -0.2) is 76.3 Å². The number of hydrogen-bond donors (Lipinski definition) is 2. The van der Waals surface area contributed by atoms with Crippen LogP contribution in [0.4, 0.5) is 26.3 Å². The first-order valence-corrected chi connectivity index (χ1v) is 11.7. The molecule has 15 heteroatoms. The summed E-state index contributed by atoms with van der Waals surface area (Å²) in [5.41, 5.74) is 2.27. The smallest absolute Gasteiger partial charge is 0.475 e. The summed E-state index contributed by atoms with van der Waals surface area (Å²) < 4.78 is 75.5. The van der Waals surface area contributed by atoms with Crippen LogP contribution in [0.25, 0.3) is 0 Å². The van der Waals surface area contributed by atoms with Crippen LogP contribution in [0, 0.1) is 5.92 Å². The lowest BCUT2D eigenvalue weighted by Crippen LogP contribution is -2.64. The second-order valence-electron chi connectivity index (χ2n) is 8.62. The van der Waals surface area contributed by atoms with Gasteiger partial charge in [0.25, 0.3) is 0 Å². The lowest BCUT2D eigenvalue weighted by Gasteiger charge is -2.50. The van der Waals surface area contributed by atoms with Crippen molar-refractivity contribution < 1.29 is 55.6 Å². The predicted octanol–water partition coefficient (Wildman–Crippen LogP) is 4.81. The first kappa shape index (κ1) is 32.3. The summed E-state index contributed by atoms with van der Waals surface area (Å²) >= 11 is 6.27. The normalized spacial score (nSPS) is 18.3. The van der Waals surface area contributed by atoms with E-state index < -0.39 is 24.3 Å². The van der Waals surface area contributed by atoms with Gasteiger partial charge in [-0.2, -0.15) is 26.3 Å². The summed E-state index contributed by atoms with van der Waals surface area (Å²) in [6.07, 6.45) is -5.45. The monoisotopic (exact) mass is 586 g/mol. The highest BCUT2D eigenvalue weighted by atomic mass is 35.5. The van der Waals surface area contributed by atoms with E-state index in [1.54, 1.807) is 6.20 Å². The number of aliphatic carboxylic acids is 2. The lowest BCUT2D eigenvalue weighted by molar-refractivity contribution is -0.193. The largest absolute Gasteiger partial charge is 0.490 e. The zero-order chi connectivity index (χ0) is 29.3. The van der Waals surface area contributed by atoms with Gasteiger partial charge < -0.3 is 19.7 Å². The minimum absolute atomic E-state index is 0.0316. The van der Waals surface area contributed by atoms with Crippen LogP contribution >= 0.6 is 11.6 Å². The van der Waals surface area contributed by atoms with Crippen molar-refractivity contribution in [2.75, 3.05) is 26.3 Å². The molecule has 2 aromatic rings. The first-order chi connectivity index (χ1) is 18.1. The number of hydrogen-bond acceptors (Lipinski definition) is 6. The van der Waals surface area contributed by atoms with E-state index in [0.29, 0.717) is 12.5 Å². The number of carbonyl (C=O) groups is 2. The van der Waals surface area contributed by atoms with Crippen LogP contribution in [0.2, 0.25) is 5.02 Å². The molecule has 1 unspecified atom stereocenters. The van der Waals surface area contributed by atoms with Crippen molar-refractivity contribution in [3.63, 3.8) is 0 Å². The van der Waals surface area contributed by atoms with Crippen LogP contribution < -0.4 is 0 Å². The molecule has 2 aliphatic rings. The molecular weight excluding hydrogens is 562 g/mol. The maximum atomic E-state index is 10.6. The molecule has 2 saturated heterocycles. The maximum Gasteiger partial charge on any atom is 0.490 e. The van der Waals surface area contributed by atoms with E-state index in [4.69, 9.17) is 40.9 Å². The van der Waals surface area contributed by atoms with Crippen molar-refractivity contribution in [2.45, 2.75) is 37.5 Å². The van der Waals surface area contributed by atoms with Gasteiger partial charge in [0.1, 0.15) is 0 Å². The number of ether oxygens (including phenoxy) is 2. The Hall–Kier alpha value is -2.94. The first-order valence-electron chi connectivity index (χ1n) is 11.3. The van der Waals surface area contributed by atoms with E-state index in [-0.39, 0.29) is 5.60 Å². The molecule has 3 heterocycles. The fourth-order valence-corrected chi connectivity index (χ4v) is 4.06. The Kier molecular flexibility index (Phi) is 11.5. The van der Waals surface area contributed by atoms with Crippen LogP contribution in [0.15, 0.2) is 48.8 Å². The molecule has 0 radical (unpaired) electrons. The van der Waals surface area contributed by atoms with Crippen LogP contribution in [0.3, 0.4) is 0 Å². The molecule has 0 aliphatic carbocycles. The number of pyridine rings is 1. The molecule has 8 nitrogen and oxygen atoms in total. The Balaban J connectivity index is 0.000000317. The molecule has 1 aromatic carbocycles. The average molecular weight is 587 g/mol. The number of likely N-dealkylation sites (tertiary alicyclic amines) is 1. The molecule has 0 saturated carbocycles. The second-order valence-corrected chi connectivity index (χ2v) is 9.02. The van der Waals surface area contributed by atoms with E-state index in [1.165, 1.54) is 5.56 Å². The van der Waals surface area contributed by atoms with Gasteiger partial charge in [0.2, 0.25) is 0 Å². The third kappa shape index (κ3) is 10.3. The molecule has 2 aliphatic heterocycles. The summed E-state index contributed by atoms with van der Waals surface area (Å²) in [6, 6.07) is 12.0. The number of benzene rings is 1. The molecule has 2 N–H and O–H groups in total. The molecule has 39 heavy (non-hydrogen) atoms. The van der Waals surface area contributed by atoms with Gasteiger partial charge in [-0.1, -0.05) is 35.9 Å². The molecule has 1 atom stereocenters. The van der Waals surface area contributed by atoms with Gasteiger partial charge in [-0.25, -0.2) is 9.59 Å². The number of nitrogens with zero attached hydrogens (tertiary/aromatic N) is 2. The van der Waals surface area contributed by atoms with E-state index in [1.807, 2.05) is 36.5 Å². The van der Waals surface area contributed by atoms with Gasteiger partial charge in [0, 0.05) is 49.6 Å². The van der Waals surface area contributed by atoms with Crippen molar-refractivity contribution in [1.82, 2.24) is 9.88 Å². The van der Waals surface area contributed by atoms with Crippen LogP contribution in [-0.2, 0) is 32.2 Å². The van der Waals surface area contributed by atoms with E-state index in [0.717, 1.165) is 49.9 Å². The van der Waals surface area contributed by atoms with Crippen LogP contribution in [0.5, 0.6) is 0 Å². The third-order valence-corrected chi connectivity index (χ3v) is 6.10. The topological polar surface area (TPSA) is 109 Å². The molecule has 216 valence electrons. The third-order valence-electron chi connectivity index (χ3n) is 5.73. The Bertz CT molecular complexity index is 1060. The summed E-state index contributed by atoms with van der Waals surface area (Å²) in [5, 5.41) is 15.1. The Morgan fingerprint density at radius 2 is 1.64 bits per heavy atom. The van der Waals surface area contributed by atoms with Crippen molar-refractivity contribution in [1.29, 1.82) is 0 Å². The standard InChI is InChI=1S/C20H23ClN2O2.2C2HF3O2/c21-19-6-2-1-5-17(19)11-23-14-20(15-23)18(7-9-25-20)13-24-12-16-4-3-8-22-10-16;2*3-2(4,5)1(6)7/h1-6,8,10,18H,7,9,11-15H2;2*(H,6,7). The SMILES string of the molecule is Clc1ccccc1CN1CC2(C1)OCCC2COCc1cccnc1.O=C(O)C(F)(F)F.O=C(O)C(F)(F)F. The van der Waals surface area contributed by atoms with Gasteiger partial charge in [-0.15, -0.1) is 0 Å². The summed E-state index contributed by atoms with van der Waals surface area (Å²) in [4.78, 5) is 24.3. The minimum Gasteiger partial charge on any atom is -0.475 e. The van der Waals surface area contributed by atoms with E-state index >= 15 is 0 Å². The lowest BCUT2D eigenvalue weighted by atomic mass is 9.81. The molecule has 1 aromatic heterocycles. The zero-order valence-electron chi connectivity index (χ0n) is 20.2. The second kappa shape index (κ2) is 13.9. The Morgan fingerprint density at radius 3 is 2.15 bits per heavy atom. The summed E-state index contributed by atoms with van der Waals surface area (Å²) in [5.74, 6) is -5.05. The highest BCUT2D eigenvalue weighted by Crippen LogP contribution is 2.41. The number of aromatic nitrogens is 1. The Labute approximate surface area is 224 Å². The number of rotatable bonds is 6. The zero-order valence-corrected chi connectivity index (χ0v) is 21.0. The number of halogens is 7. The van der Waals surface area contributed by atoms with Gasteiger partial charge in [0.15, 0.2) is 0 Å². The number of carboxylic acids is 2. The quantitative estimate of drug-likeness (QED) is 0.464. The maximum absolute atomic E-state index is 10.6. The molecule has 4 rings (SSSR count). The van der Waals surface area contributed by atoms with Gasteiger partial charge in [0.05, 0.1) is 18.8 Å². The molecule has 0 bridgehead atoms. The van der Waals surface area contributed by atoms with Gasteiger partial charge in [-0.05, 0) is 29.7 Å². The number of carboxylic acid groups (broad SMARTS) is 2. The van der Waals surface area contributed by atoms with Crippen LogP contribution in [0.1, 0.15) is 17.5 Å². The molecule has 0 amide bonds. The van der Waals surface area contributed by atoms with Gasteiger partial charge >= 0.3 is 24.3 Å². The summed E-state index contributed by atoms with van der Waals surface area (Å²) in [7, 11) is 0. The molecular formula is C24H25ClF6N2O6. The van der Waals surface area contributed by atoms with Crippen molar-refractivity contribution in [3.8, 4) is 0 Å². The average Bonchev–Trinajstić information content (AvgIpc) is 3.24. The van der Waals surface area contributed by atoms with Crippen molar-refractivity contribution in [3.05, 3.63) is 64.9 Å². The van der Waals surface area contributed by atoms with Gasteiger partial charge in [-0.3, -0.25) is 9.88 Å². The summed E-state index contributed by atoms with van der Waals surface area (Å²) in [6.45, 7) is 4.99. The van der Waals surface area contributed by atoms with Crippen molar-refractivity contribution >= 4 is 23.5 Å². The highest BCUT2D eigenvalue weighted by Gasteiger charge is 2.52. The highest BCUT2D eigenvalue weighted by molar-refractivity contribution is 6.31. The van der Waals surface area contributed by atoms with E-state index in [9.17, 15) is 26.3 Å². The molecule has 2 fully saturated rings. The van der Waals surface area contributed by atoms with E-state index in [2.05, 4.69) is 16.0 Å². The molecule has 1 spiro atoms. The number of alkyl halides is 6. The Morgan fingerprint density at radius 1 is 1.05 bits per heavy atom. The minimum atomic E-state index is -5.08. The fourth-order valence-electron chi connectivity index (χ4n) is 3.86. The van der Waals surface area contributed by atoms with Crippen molar-refractivity contribution in [2.24, 2.45) is 5.92 Å². The fraction of sp³-hybridized carbons (Fsp3) is 0.458. The predicted molar refractivity (Wildman–Crippen MR) is 125 cm³/mol.